The van der Waals surface area contributed by atoms with E-state index in [4.69, 9.17) is 0 Å². The average molecular weight is 452 g/mol. The summed E-state index contributed by atoms with van der Waals surface area (Å²) >= 11 is 3.63. The van der Waals surface area contributed by atoms with Crippen LogP contribution in [0.1, 0.15) is 48.8 Å². The van der Waals surface area contributed by atoms with Crippen molar-refractivity contribution in [2.24, 2.45) is 0 Å². The van der Waals surface area contributed by atoms with Crippen molar-refractivity contribution in [3.63, 3.8) is 0 Å². The van der Waals surface area contributed by atoms with E-state index in [0.717, 1.165) is 54.5 Å². The molecule has 5 rings (SSSR count). The molecule has 31 heavy (non-hydrogen) atoms. The predicted molar refractivity (Wildman–Crippen MR) is 123 cm³/mol. The van der Waals surface area contributed by atoms with E-state index in [1.807, 2.05) is 42.1 Å². The summed E-state index contributed by atoms with van der Waals surface area (Å²) in [4.78, 5) is 3.05. The van der Waals surface area contributed by atoms with E-state index in [1.165, 1.54) is 17.7 Å². The molecule has 1 fully saturated rings. The van der Waals surface area contributed by atoms with Crippen LogP contribution in [-0.4, -0.2) is 40.7 Å². The summed E-state index contributed by atoms with van der Waals surface area (Å²) in [6.45, 7) is 0.799. The van der Waals surface area contributed by atoms with E-state index in [0.29, 0.717) is 11.9 Å². The van der Waals surface area contributed by atoms with Crippen molar-refractivity contribution >= 4 is 23.1 Å². The molecule has 0 bridgehead atoms. The van der Waals surface area contributed by atoms with Gasteiger partial charge in [0.15, 0.2) is 5.16 Å². The third-order valence-electron chi connectivity index (χ3n) is 5.28. The summed E-state index contributed by atoms with van der Waals surface area (Å²) in [5, 5.41) is 25.0. The molecular formula is C22H25N7S2. The molecule has 3 aromatic heterocycles. The Bertz CT molecular complexity index is 1080. The number of unbranched alkanes of at least 4 members (excludes halogenated alkanes) is 2. The van der Waals surface area contributed by atoms with Crippen molar-refractivity contribution in [1.82, 2.24) is 35.0 Å². The second-order valence-corrected chi connectivity index (χ2v) is 9.83. The summed E-state index contributed by atoms with van der Waals surface area (Å²) in [6, 6.07) is 14.9. The Morgan fingerprint density at radius 3 is 2.68 bits per heavy atom. The number of hydrogen-bond donors (Lipinski definition) is 0. The Labute approximate surface area is 189 Å². The fourth-order valence-corrected chi connectivity index (χ4v) is 5.26. The third kappa shape index (κ3) is 5.22. The van der Waals surface area contributed by atoms with Gasteiger partial charge in [-0.25, -0.2) is 0 Å². The van der Waals surface area contributed by atoms with Gasteiger partial charge < -0.3 is 4.57 Å². The van der Waals surface area contributed by atoms with Crippen LogP contribution in [0, 0.1) is 0 Å². The van der Waals surface area contributed by atoms with E-state index in [9.17, 15) is 0 Å². The molecule has 160 valence electrons. The molecule has 0 aliphatic heterocycles. The molecule has 3 heterocycles. The molecule has 0 amide bonds. The normalized spacial score (nSPS) is 13.7. The number of benzene rings is 1. The van der Waals surface area contributed by atoms with Gasteiger partial charge in [-0.3, -0.25) is 0 Å². The molecule has 1 saturated carbocycles. The maximum absolute atomic E-state index is 4.51. The van der Waals surface area contributed by atoms with Crippen LogP contribution in [0.3, 0.4) is 0 Å². The first-order chi connectivity index (χ1) is 15.4. The molecule has 7 nitrogen and oxygen atoms in total. The van der Waals surface area contributed by atoms with Gasteiger partial charge in [-0.2, -0.15) is 4.80 Å². The zero-order valence-electron chi connectivity index (χ0n) is 17.3. The van der Waals surface area contributed by atoms with Crippen LogP contribution in [0.2, 0.25) is 0 Å². The molecule has 0 radical (unpaired) electrons. The number of thioether (sulfide) groups is 1. The van der Waals surface area contributed by atoms with Crippen LogP contribution in [0.4, 0.5) is 0 Å². The second kappa shape index (κ2) is 9.74. The van der Waals surface area contributed by atoms with Crippen molar-refractivity contribution in [1.29, 1.82) is 0 Å². The Morgan fingerprint density at radius 1 is 0.968 bits per heavy atom. The van der Waals surface area contributed by atoms with Crippen LogP contribution in [0.15, 0.2) is 53.0 Å². The highest BCUT2D eigenvalue weighted by molar-refractivity contribution is 7.99. The van der Waals surface area contributed by atoms with Crippen molar-refractivity contribution in [2.75, 3.05) is 5.75 Å². The first-order valence-corrected chi connectivity index (χ1v) is 12.7. The highest BCUT2D eigenvalue weighted by atomic mass is 32.2. The summed E-state index contributed by atoms with van der Waals surface area (Å²) < 4.78 is 2.38. The maximum Gasteiger partial charge on any atom is 0.204 e. The third-order valence-corrected chi connectivity index (χ3v) is 7.18. The molecule has 1 aromatic carbocycles. The monoisotopic (exact) mass is 451 g/mol. The first kappa shape index (κ1) is 20.4. The quantitative estimate of drug-likeness (QED) is 0.239. The lowest BCUT2D eigenvalue weighted by Crippen LogP contribution is -2.04. The van der Waals surface area contributed by atoms with Crippen LogP contribution < -0.4 is 0 Å². The molecule has 4 aromatic rings. The molecule has 0 unspecified atom stereocenters. The van der Waals surface area contributed by atoms with Gasteiger partial charge in [-0.05, 0) is 42.3 Å². The molecular weight excluding hydrogens is 426 g/mol. The number of aryl methyl sites for hydroxylation is 1. The fraction of sp³-hybridized carbons (Fsp3) is 0.409. The van der Waals surface area contributed by atoms with Gasteiger partial charge in [-0.1, -0.05) is 54.6 Å². The smallest absolute Gasteiger partial charge is 0.204 e. The Hall–Kier alpha value is -2.52. The SMILES string of the molecule is c1ccc(-c2nnn(CCCCCSc3nnc(Cc4cccs4)n3C3CC3)n2)cc1. The zero-order chi connectivity index (χ0) is 20.9. The number of hydrogen-bond acceptors (Lipinski definition) is 7. The van der Waals surface area contributed by atoms with Gasteiger partial charge in [0, 0.05) is 28.7 Å². The molecule has 1 aliphatic carbocycles. The zero-order valence-corrected chi connectivity index (χ0v) is 18.9. The van der Waals surface area contributed by atoms with E-state index < -0.39 is 0 Å². The molecule has 1 aliphatic rings. The summed E-state index contributed by atoms with van der Waals surface area (Å²) in [7, 11) is 0. The van der Waals surface area contributed by atoms with Crippen molar-refractivity contribution in [2.45, 2.75) is 56.3 Å². The van der Waals surface area contributed by atoms with E-state index in [1.54, 1.807) is 16.1 Å². The number of nitrogens with zero attached hydrogens (tertiary/aromatic N) is 7. The van der Waals surface area contributed by atoms with E-state index >= 15 is 0 Å². The fourth-order valence-electron chi connectivity index (χ4n) is 3.53. The summed E-state index contributed by atoms with van der Waals surface area (Å²) in [5.74, 6) is 2.86. The topological polar surface area (TPSA) is 74.3 Å². The lowest BCUT2D eigenvalue weighted by atomic mass is 10.2. The van der Waals surface area contributed by atoms with Crippen molar-refractivity contribution < 1.29 is 0 Å². The largest absolute Gasteiger partial charge is 0.303 e. The lowest BCUT2D eigenvalue weighted by molar-refractivity contribution is 0.486. The molecule has 0 saturated heterocycles. The predicted octanol–water partition coefficient (Wildman–Crippen LogP) is 4.88. The minimum Gasteiger partial charge on any atom is -0.303 e. The first-order valence-electron chi connectivity index (χ1n) is 10.8. The van der Waals surface area contributed by atoms with Gasteiger partial charge in [0.2, 0.25) is 5.82 Å². The molecule has 0 N–H and O–H groups in total. The highest BCUT2D eigenvalue weighted by Crippen LogP contribution is 2.39. The Kier molecular flexibility index (Phi) is 6.40. The molecule has 0 atom stereocenters. The van der Waals surface area contributed by atoms with Crippen LogP contribution in [0.5, 0.6) is 0 Å². The minimum atomic E-state index is 0.602. The van der Waals surface area contributed by atoms with Crippen LogP contribution in [0.25, 0.3) is 11.4 Å². The number of aromatic nitrogens is 7. The summed E-state index contributed by atoms with van der Waals surface area (Å²) in [5.41, 5.74) is 1.00. The lowest BCUT2D eigenvalue weighted by Gasteiger charge is -2.08. The van der Waals surface area contributed by atoms with Gasteiger partial charge in [0.25, 0.3) is 0 Å². The van der Waals surface area contributed by atoms with Crippen molar-refractivity contribution in [3.8, 4) is 11.4 Å². The van der Waals surface area contributed by atoms with Gasteiger partial charge in [0.05, 0.1) is 6.54 Å². The van der Waals surface area contributed by atoms with Crippen molar-refractivity contribution in [3.05, 3.63) is 58.5 Å². The standard InChI is InChI=1S/C22H25N7S2/c1-3-8-17(9-4-1)21-24-27-28(26-21)13-5-2-6-14-31-22-25-23-20(29(22)18-11-12-18)16-19-10-7-15-30-19/h1,3-4,7-10,15,18H,2,5-6,11-14,16H2. The summed E-state index contributed by atoms with van der Waals surface area (Å²) in [6.07, 6.45) is 6.71. The average Bonchev–Trinajstić information content (AvgIpc) is 3.18. The van der Waals surface area contributed by atoms with Crippen LogP contribution >= 0.6 is 23.1 Å². The van der Waals surface area contributed by atoms with E-state index in [2.05, 4.69) is 47.7 Å². The molecule has 0 spiro atoms. The Morgan fingerprint density at radius 2 is 1.87 bits per heavy atom. The number of rotatable bonds is 11. The van der Waals surface area contributed by atoms with Gasteiger partial charge >= 0.3 is 0 Å². The highest BCUT2D eigenvalue weighted by Gasteiger charge is 2.29. The van der Waals surface area contributed by atoms with E-state index in [-0.39, 0.29) is 0 Å². The van der Waals surface area contributed by atoms with Gasteiger partial charge in [0.1, 0.15) is 5.82 Å². The number of thiophene rings is 1. The number of tetrazole rings is 1. The van der Waals surface area contributed by atoms with Gasteiger partial charge in [-0.15, -0.1) is 31.7 Å². The second-order valence-electron chi connectivity index (χ2n) is 7.74. The molecule has 9 heteroatoms. The maximum atomic E-state index is 4.51. The minimum absolute atomic E-state index is 0.602. The van der Waals surface area contributed by atoms with Crippen LogP contribution in [-0.2, 0) is 13.0 Å². The Balaban J connectivity index is 1.07.